The topological polar surface area (TPSA) is 146 Å². The number of nitrogens with zero attached hydrogens (tertiary/aromatic N) is 3. The first-order chi connectivity index (χ1) is 16.8. The molecule has 1 aromatic carbocycles. The zero-order valence-electron chi connectivity index (χ0n) is 20.5. The van der Waals surface area contributed by atoms with Crippen LogP contribution >= 0.6 is 24.0 Å². The van der Waals surface area contributed by atoms with E-state index in [-0.39, 0.29) is 47.4 Å². The molecule has 10 nitrogen and oxygen atoms in total. The normalized spacial score (nSPS) is 15.3. The number of ether oxygens (including phenoxy) is 2. The van der Waals surface area contributed by atoms with E-state index in [1.54, 1.807) is 14.0 Å². The monoisotopic (exact) mass is 540 g/mol. The molecule has 198 valence electrons. The molecule has 3 rings (SSSR count). The van der Waals surface area contributed by atoms with Gasteiger partial charge in [0.05, 0.1) is 13.7 Å². The Bertz CT molecular complexity index is 1020. The van der Waals surface area contributed by atoms with Gasteiger partial charge in [0.2, 0.25) is 0 Å². The number of rotatable bonds is 10. The highest BCUT2D eigenvalue weighted by Crippen LogP contribution is 2.28. The van der Waals surface area contributed by atoms with Crippen molar-refractivity contribution >= 4 is 47.5 Å². The number of hydrogen-bond acceptors (Lipinski definition) is 9. The van der Waals surface area contributed by atoms with Crippen LogP contribution in [0.25, 0.3) is 0 Å². The van der Waals surface area contributed by atoms with Crippen LogP contribution in [0.1, 0.15) is 54.6 Å². The lowest BCUT2D eigenvalue weighted by atomic mass is 9.87. The fourth-order valence-electron chi connectivity index (χ4n) is 4.26. The molecule has 2 heterocycles. The van der Waals surface area contributed by atoms with Crippen LogP contribution < -0.4 is 21.5 Å². The molecule has 2 unspecified atom stereocenters. The number of nitrogens with one attached hydrogen (secondary N) is 1. The Kier molecular flexibility index (Phi) is 11.5. The molecule has 2 atom stereocenters. The van der Waals surface area contributed by atoms with E-state index < -0.39 is 17.9 Å². The van der Waals surface area contributed by atoms with Gasteiger partial charge in [-0.3, -0.25) is 4.79 Å². The number of amides is 1. The number of nitrogens with two attached hydrogens (primary N) is 2. The second-order valence-electron chi connectivity index (χ2n) is 8.41. The van der Waals surface area contributed by atoms with Crippen LogP contribution in [0.15, 0.2) is 24.3 Å². The van der Waals surface area contributed by atoms with E-state index in [1.807, 2.05) is 24.3 Å². The third kappa shape index (κ3) is 7.59. The molecule has 0 saturated carbocycles. The van der Waals surface area contributed by atoms with Gasteiger partial charge in [-0.25, -0.2) is 14.8 Å². The average molecular weight is 541 g/mol. The Morgan fingerprint density at radius 1 is 1.11 bits per heavy atom. The predicted octanol–water partition coefficient (Wildman–Crippen LogP) is 3.05. The van der Waals surface area contributed by atoms with Crippen molar-refractivity contribution < 1.29 is 19.1 Å². The fourth-order valence-corrected chi connectivity index (χ4v) is 4.38. The Hall–Kier alpha value is -2.82. The Balaban J connectivity index is 0.00000456. The van der Waals surface area contributed by atoms with Gasteiger partial charge in [0, 0.05) is 5.92 Å². The smallest absolute Gasteiger partial charge is 0.329 e. The summed E-state index contributed by atoms with van der Waals surface area (Å²) < 4.78 is 10.6. The summed E-state index contributed by atoms with van der Waals surface area (Å²) in [6, 6.07) is 6.46. The average Bonchev–Trinajstić information content (AvgIpc) is 2.86. The van der Waals surface area contributed by atoms with Crippen molar-refractivity contribution in [1.29, 1.82) is 0 Å². The summed E-state index contributed by atoms with van der Waals surface area (Å²) in [5, 5.41) is 2.63. The number of likely N-dealkylation sites (tertiary alicyclic amines) is 1. The van der Waals surface area contributed by atoms with Crippen molar-refractivity contribution in [3.8, 4) is 5.75 Å². The van der Waals surface area contributed by atoms with Gasteiger partial charge in [-0.1, -0.05) is 30.2 Å². The molecule has 12 heteroatoms. The van der Waals surface area contributed by atoms with Crippen molar-refractivity contribution in [3.05, 3.63) is 40.7 Å². The largest absolute Gasteiger partial charge is 0.497 e. The number of halogens is 2. The molecule has 1 aliphatic heterocycles. The third-order valence-corrected chi connectivity index (χ3v) is 6.38. The second kappa shape index (κ2) is 14.1. The third-order valence-electron chi connectivity index (χ3n) is 6.10. The summed E-state index contributed by atoms with van der Waals surface area (Å²) in [6.07, 6.45) is 4.16. The summed E-state index contributed by atoms with van der Waals surface area (Å²) >= 11 is 5.96. The lowest BCUT2D eigenvalue weighted by Crippen LogP contribution is -2.47. The van der Waals surface area contributed by atoms with Crippen LogP contribution in [0.5, 0.6) is 5.75 Å². The molecule has 2 aromatic rings. The molecular weight excluding hydrogens is 507 g/mol. The first kappa shape index (κ1) is 29.4. The molecule has 1 fully saturated rings. The van der Waals surface area contributed by atoms with E-state index in [0.717, 1.165) is 38.0 Å². The van der Waals surface area contributed by atoms with E-state index in [0.29, 0.717) is 12.2 Å². The summed E-state index contributed by atoms with van der Waals surface area (Å²) in [5.41, 5.74) is 12.2. The minimum absolute atomic E-state index is 0. The van der Waals surface area contributed by atoms with Gasteiger partial charge < -0.3 is 31.2 Å². The first-order valence-electron chi connectivity index (χ1n) is 11.8. The van der Waals surface area contributed by atoms with Gasteiger partial charge in [0.1, 0.15) is 11.8 Å². The molecule has 0 spiro atoms. The van der Waals surface area contributed by atoms with Crippen molar-refractivity contribution in [2.24, 2.45) is 0 Å². The number of esters is 1. The number of nitrogen functional groups attached to an aromatic ring is 2. The van der Waals surface area contributed by atoms with Crippen LogP contribution in [0, 0.1) is 0 Å². The number of hydrogen-bond donors (Lipinski definition) is 3. The highest BCUT2D eigenvalue weighted by atomic mass is 35.5. The second-order valence-corrected chi connectivity index (χ2v) is 8.77. The van der Waals surface area contributed by atoms with Crippen molar-refractivity contribution in [3.63, 3.8) is 0 Å². The van der Waals surface area contributed by atoms with Crippen molar-refractivity contribution in [2.45, 2.75) is 44.6 Å². The van der Waals surface area contributed by atoms with Crippen LogP contribution in [-0.4, -0.2) is 66.1 Å². The molecule has 1 amide bonds. The van der Waals surface area contributed by atoms with Gasteiger partial charge in [0.25, 0.3) is 5.91 Å². The van der Waals surface area contributed by atoms with Gasteiger partial charge in [-0.2, -0.15) is 0 Å². The SMILES string of the molecule is CCOC(=O)C(NC(=O)c1nc(Cl)c(N)nc1N)C(CCN1CCCCC1)c1ccc(OC)cc1.Cl. The van der Waals surface area contributed by atoms with Crippen LogP contribution in [-0.2, 0) is 9.53 Å². The zero-order valence-corrected chi connectivity index (χ0v) is 22.1. The molecular formula is C24H34Cl2N6O4. The Morgan fingerprint density at radius 3 is 2.39 bits per heavy atom. The molecule has 0 radical (unpaired) electrons. The molecule has 5 N–H and O–H groups in total. The first-order valence-corrected chi connectivity index (χ1v) is 12.1. The molecule has 0 bridgehead atoms. The lowest BCUT2D eigenvalue weighted by molar-refractivity contribution is -0.146. The number of carbonyl (C=O) groups is 2. The maximum Gasteiger partial charge on any atom is 0.329 e. The highest BCUT2D eigenvalue weighted by Gasteiger charge is 2.34. The summed E-state index contributed by atoms with van der Waals surface area (Å²) in [5.74, 6) is -1.18. The van der Waals surface area contributed by atoms with Gasteiger partial charge in [-0.15, -0.1) is 12.4 Å². The van der Waals surface area contributed by atoms with E-state index in [2.05, 4.69) is 20.2 Å². The van der Waals surface area contributed by atoms with Gasteiger partial charge >= 0.3 is 5.97 Å². The predicted molar refractivity (Wildman–Crippen MR) is 142 cm³/mol. The maximum atomic E-state index is 13.2. The zero-order chi connectivity index (χ0) is 25.4. The number of aromatic nitrogens is 2. The highest BCUT2D eigenvalue weighted by molar-refractivity contribution is 6.31. The Morgan fingerprint density at radius 2 is 1.78 bits per heavy atom. The van der Waals surface area contributed by atoms with Crippen molar-refractivity contribution in [1.82, 2.24) is 20.2 Å². The number of anilines is 2. The molecule has 0 aliphatic carbocycles. The van der Waals surface area contributed by atoms with Crippen LogP contribution in [0.2, 0.25) is 5.15 Å². The fraction of sp³-hybridized carbons (Fsp3) is 0.500. The summed E-state index contributed by atoms with van der Waals surface area (Å²) in [6.45, 7) is 4.69. The van der Waals surface area contributed by atoms with E-state index in [4.69, 9.17) is 32.5 Å². The number of carbonyl (C=O) groups excluding carboxylic acids is 2. The number of benzene rings is 1. The van der Waals surface area contributed by atoms with Crippen LogP contribution in [0.3, 0.4) is 0 Å². The van der Waals surface area contributed by atoms with Crippen LogP contribution in [0.4, 0.5) is 11.6 Å². The summed E-state index contributed by atoms with van der Waals surface area (Å²) in [4.78, 5) is 36.5. The Labute approximate surface area is 222 Å². The summed E-state index contributed by atoms with van der Waals surface area (Å²) in [7, 11) is 1.59. The van der Waals surface area contributed by atoms with E-state index >= 15 is 0 Å². The quantitative estimate of drug-likeness (QED) is 0.386. The lowest BCUT2D eigenvalue weighted by Gasteiger charge is -2.31. The molecule has 1 aromatic heterocycles. The molecule has 1 saturated heterocycles. The van der Waals surface area contributed by atoms with E-state index in [9.17, 15) is 9.59 Å². The molecule has 36 heavy (non-hydrogen) atoms. The minimum Gasteiger partial charge on any atom is -0.497 e. The van der Waals surface area contributed by atoms with E-state index in [1.165, 1.54) is 6.42 Å². The number of methoxy groups -OCH3 is 1. The van der Waals surface area contributed by atoms with Crippen molar-refractivity contribution in [2.75, 3.05) is 44.8 Å². The molecule has 1 aliphatic rings. The maximum absolute atomic E-state index is 13.2. The standard InChI is InChI=1S/C24H33ClN6O4.ClH/c1-3-35-24(33)18(29-23(32)19-21(26)30-22(27)20(25)28-19)17(11-14-31-12-5-4-6-13-31)15-7-9-16(34-2)10-8-15;/h7-10,17-18H,3-6,11-14H2,1-2H3,(H,29,32)(H4,26,27,30);1H. The number of piperidine rings is 1. The minimum atomic E-state index is -0.988. The van der Waals surface area contributed by atoms with Gasteiger partial charge in [0.15, 0.2) is 22.5 Å². The van der Waals surface area contributed by atoms with Gasteiger partial charge in [-0.05, 0) is 63.5 Å².